The van der Waals surface area contributed by atoms with Gasteiger partial charge in [-0.1, -0.05) is 0 Å². The molecule has 3 nitrogen and oxygen atoms in total. The maximum Gasteiger partial charge on any atom is 0.0610 e. The molecule has 0 saturated carbocycles. The van der Waals surface area contributed by atoms with Crippen LogP contribution in [0.3, 0.4) is 0 Å². The number of hydrogen-bond acceptors (Lipinski definition) is 3. The van der Waals surface area contributed by atoms with Crippen LogP contribution in [0, 0.1) is 11.8 Å². The molecule has 2 unspecified atom stereocenters. The standard InChI is InChI=1S/C14H28N2O/c1-11(2)16-6-4-12(5-7-16)13-8-14(3,10-17)15-9-13/h11-13,15,17H,4-10H2,1-3H3. The van der Waals surface area contributed by atoms with Gasteiger partial charge in [0.1, 0.15) is 0 Å². The van der Waals surface area contributed by atoms with Crippen LogP contribution in [0.15, 0.2) is 0 Å². The maximum absolute atomic E-state index is 9.39. The molecule has 2 N–H and O–H groups in total. The number of aliphatic hydroxyl groups is 1. The summed E-state index contributed by atoms with van der Waals surface area (Å²) in [5.74, 6) is 1.65. The summed E-state index contributed by atoms with van der Waals surface area (Å²) >= 11 is 0. The number of likely N-dealkylation sites (tertiary alicyclic amines) is 1. The molecular formula is C14H28N2O. The van der Waals surface area contributed by atoms with Crippen molar-refractivity contribution in [2.24, 2.45) is 11.8 Å². The fraction of sp³-hybridized carbons (Fsp3) is 1.00. The summed E-state index contributed by atoms with van der Waals surface area (Å²) in [4.78, 5) is 2.59. The number of piperidine rings is 1. The van der Waals surface area contributed by atoms with E-state index < -0.39 is 0 Å². The first-order valence-electron chi connectivity index (χ1n) is 7.14. The molecule has 17 heavy (non-hydrogen) atoms. The Bertz CT molecular complexity index is 249. The zero-order chi connectivity index (χ0) is 12.5. The second-order valence-corrected chi connectivity index (χ2v) is 6.53. The smallest absolute Gasteiger partial charge is 0.0610 e. The van der Waals surface area contributed by atoms with Crippen molar-refractivity contribution in [3.63, 3.8) is 0 Å². The number of nitrogens with zero attached hydrogens (tertiary/aromatic N) is 1. The average molecular weight is 240 g/mol. The van der Waals surface area contributed by atoms with E-state index in [4.69, 9.17) is 0 Å². The van der Waals surface area contributed by atoms with E-state index in [2.05, 4.69) is 31.0 Å². The van der Waals surface area contributed by atoms with Crippen LogP contribution in [0.5, 0.6) is 0 Å². The monoisotopic (exact) mass is 240 g/mol. The Kier molecular flexibility index (Phi) is 4.11. The SMILES string of the molecule is CC(C)N1CCC(C2CNC(C)(CO)C2)CC1. The van der Waals surface area contributed by atoms with Crippen LogP contribution in [0.25, 0.3) is 0 Å². The third kappa shape index (κ3) is 3.01. The van der Waals surface area contributed by atoms with Crippen molar-refractivity contribution >= 4 is 0 Å². The lowest BCUT2D eigenvalue weighted by molar-refractivity contribution is 0.119. The Morgan fingerprint density at radius 2 is 1.94 bits per heavy atom. The lowest BCUT2D eigenvalue weighted by atomic mass is 9.80. The molecule has 0 aliphatic carbocycles. The van der Waals surface area contributed by atoms with E-state index in [9.17, 15) is 5.11 Å². The number of hydrogen-bond donors (Lipinski definition) is 2. The Morgan fingerprint density at radius 3 is 2.41 bits per heavy atom. The van der Waals surface area contributed by atoms with Crippen LogP contribution in [-0.4, -0.2) is 47.8 Å². The van der Waals surface area contributed by atoms with Crippen molar-refractivity contribution < 1.29 is 5.11 Å². The molecule has 0 aromatic heterocycles. The summed E-state index contributed by atoms with van der Waals surface area (Å²) in [6.45, 7) is 10.6. The molecule has 0 bridgehead atoms. The van der Waals surface area contributed by atoms with Gasteiger partial charge in [-0.05, 0) is 71.5 Å². The lowest BCUT2D eigenvalue weighted by Gasteiger charge is -2.37. The predicted octanol–water partition coefficient (Wildman–Crippen LogP) is 1.47. The summed E-state index contributed by atoms with van der Waals surface area (Å²) in [5, 5.41) is 12.9. The highest BCUT2D eigenvalue weighted by molar-refractivity contribution is 4.95. The topological polar surface area (TPSA) is 35.5 Å². The Labute approximate surface area is 106 Å². The minimum Gasteiger partial charge on any atom is -0.394 e. The molecule has 0 aromatic carbocycles. The van der Waals surface area contributed by atoms with Gasteiger partial charge in [0, 0.05) is 11.6 Å². The summed E-state index contributed by atoms with van der Waals surface area (Å²) < 4.78 is 0. The van der Waals surface area contributed by atoms with Gasteiger partial charge in [-0.25, -0.2) is 0 Å². The number of aliphatic hydroxyl groups excluding tert-OH is 1. The maximum atomic E-state index is 9.39. The third-order valence-corrected chi connectivity index (χ3v) is 4.82. The van der Waals surface area contributed by atoms with Gasteiger partial charge in [-0.15, -0.1) is 0 Å². The molecule has 0 aromatic rings. The zero-order valence-electron chi connectivity index (χ0n) is 11.6. The summed E-state index contributed by atoms with van der Waals surface area (Å²) in [7, 11) is 0. The first-order valence-corrected chi connectivity index (χ1v) is 7.14. The molecular weight excluding hydrogens is 212 g/mol. The molecule has 100 valence electrons. The van der Waals surface area contributed by atoms with Crippen LogP contribution in [0.4, 0.5) is 0 Å². The zero-order valence-corrected chi connectivity index (χ0v) is 11.6. The van der Waals surface area contributed by atoms with Crippen molar-refractivity contribution in [3.05, 3.63) is 0 Å². The molecule has 2 heterocycles. The van der Waals surface area contributed by atoms with Crippen molar-refractivity contribution in [3.8, 4) is 0 Å². The Balaban J connectivity index is 1.82. The van der Waals surface area contributed by atoms with E-state index in [1.807, 2.05) is 0 Å². The van der Waals surface area contributed by atoms with E-state index in [0.29, 0.717) is 6.04 Å². The lowest BCUT2D eigenvalue weighted by Crippen LogP contribution is -2.40. The van der Waals surface area contributed by atoms with Gasteiger partial charge in [0.05, 0.1) is 6.61 Å². The summed E-state index contributed by atoms with van der Waals surface area (Å²) in [6.07, 6.45) is 3.83. The molecule has 0 radical (unpaired) electrons. The van der Waals surface area contributed by atoms with Gasteiger partial charge in [0.2, 0.25) is 0 Å². The second kappa shape index (κ2) is 5.25. The van der Waals surface area contributed by atoms with Gasteiger partial charge >= 0.3 is 0 Å². The largest absolute Gasteiger partial charge is 0.394 e. The van der Waals surface area contributed by atoms with Crippen LogP contribution >= 0.6 is 0 Å². The highest BCUT2D eigenvalue weighted by atomic mass is 16.3. The van der Waals surface area contributed by atoms with Gasteiger partial charge in [0.25, 0.3) is 0 Å². The molecule has 3 heteroatoms. The van der Waals surface area contributed by atoms with Crippen molar-refractivity contribution in [2.45, 2.75) is 51.6 Å². The first-order chi connectivity index (χ1) is 8.04. The Morgan fingerprint density at radius 1 is 1.29 bits per heavy atom. The van der Waals surface area contributed by atoms with Gasteiger partial charge < -0.3 is 15.3 Å². The molecule has 2 rings (SSSR count). The molecule has 2 saturated heterocycles. The van der Waals surface area contributed by atoms with E-state index >= 15 is 0 Å². The van der Waals surface area contributed by atoms with Gasteiger partial charge in [-0.2, -0.15) is 0 Å². The van der Waals surface area contributed by atoms with E-state index in [0.717, 1.165) is 24.8 Å². The minimum atomic E-state index is -0.0140. The summed E-state index contributed by atoms with van der Waals surface area (Å²) in [6, 6.07) is 0.695. The molecule has 2 atom stereocenters. The van der Waals surface area contributed by atoms with Crippen LogP contribution < -0.4 is 5.32 Å². The van der Waals surface area contributed by atoms with Crippen LogP contribution in [-0.2, 0) is 0 Å². The predicted molar refractivity (Wildman–Crippen MR) is 71.0 cm³/mol. The number of nitrogens with one attached hydrogen (secondary N) is 1. The fourth-order valence-corrected chi connectivity index (χ4v) is 3.46. The highest BCUT2D eigenvalue weighted by Crippen LogP contribution is 2.34. The molecule has 2 aliphatic heterocycles. The van der Waals surface area contributed by atoms with Crippen molar-refractivity contribution in [1.29, 1.82) is 0 Å². The number of rotatable bonds is 3. The summed E-state index contributed by atoms with van der Waals surface area (Å²) in [5.41, 5.74) is -0.0140. The molecule has 2 aliphatic rings. The van der Waals surface area contributed by atoms with Crippen LogP contribution in [0.2, 0.25) is 0 Å². The van der Waals surface area contributed by atoms with Crippen LogP contribution in [0.1, 0.15) is 40.0 Å². The second-order valence-electron chi connectivity index (χ2n) is 6.53. The van der Waals surface area contributed by atoms with E-state index in [-0.39, 0.29) is 12.1 Å². The first kappa shape index (κ1) is 13.3. The average Bonchev–Trinajstić information content (AvgIpc) is 2.73. The molecule has 2 fully saturated rings. The molecule has 0 spiro atoms. The van der Waals surface area contributed by atoms with E-state index in [1.165, 1.54) is 25.9 Å². The molecule has 0 amide bonds. The van der Waals surface area contributed by atoms with Gasteiger partial charge in [0.15, 0.2) is 0 Å². The fourth-order valence-electron chi connectivity index (χ4n) is 3.46. The normalized spacial score (nSPS) is 36.9. The minimum absolute atomic E-state index is 0.0140. The van der Waals surface area contributed by atoms with Crippen molar-refractivity contribution in [2.75, 3.05) is 26.2 Å². The third-order valence-electron chi connectivity index (χ3n) is 4.82. The quantitative estimate of drug-likeness (QED) is 0.784. The van der Waals surface area contributed by atoms with Gasteiger partial charge in [-0.3, -0.25) is 0 Å². The highest BCUT2D eigenvalue weighted by Gasteiger charge is 2.38. The Hall–Kier alpha value is -0.120. The van der Waals surface area contributed by atoms with E-state index in [1.54, 1.807) is 0 Å². The van der Waals surface area contributed by atoms with Crippen molar-refractivity contribution in [1.82, 2.24) is 10.2 Å².